The summed E-state index contributed by atoms with van der Waals surface area (Å²) in [5, 5.41) is 9.02. The third-order valence-corrected chi connectivity index (χ3v) is 0.631. The Morgan fingerprint density at radius 3 is 2.38 bits per heavy atom. The largest absolute Gasteiger partial charge is 0.508 e. The summed E-state index contributed by atoms with van der Waals surface area (Å²) < 4.78 is 28.5. The summed E-state index contributed by atoms with van der Waals surface area (Å²) in [6, 6.07) is -1.83. The number of rotatable bonds is 0. The van der Waals surface area contributed by atoms with Crippen molar-refractivity contribution in [1.29, 1.82) is 0 Å². The lowest BCUT2D eigenvalue weighted by atomic mass is 10.3. The van der Waals surface area contributed by atoms with Gasteiger partial charge in [-0.1, -0.05) is 0 Å². The van der Waals surface area contributed by atoms with E-state index in [2.05, 4.69) is 0 Å². The van der Waals surface area contributed by atoms with Gasteiger partial charge in [0.05, 0.1) is 5.48 Å². The van der Waals surface area contributed by atoms with Gasteiger partial charge in [-0.2, -0.15) is 0 Å². The van der Waals surface area contributed by atoms with Gasteiger partial charge >= 0.3 is 0 Å². The lowest BCUT2D eigenvalue weighted by molar-refractivity contribution is 0.475. The number of aromatic hydroxyl groups is 1. The zero-order valence-corrected chi connectivity index (χ0v) is 4.02. The predicted octanol–water partition coefficient (Wildman–Crippen LogP) is 0.974. The van der Waals surface area contributed by atoms with Crippen LogP contribution >= 0.6 is 0 Å². The monoisotopic (exact) mass is 113 g/mol. The molecular weight excluding hydrogens is 102 g/mol. The first kappa shape index (κ1) is 1.97. The van der Waals surface area contributed by atoms with E-state index in [1.165, 1.54) is 0 Å². The third-order valence-electron chi connectivity index (χ3n) is 0.631. The van der Waals surface area contributed by atoms with Crippen molar-refractivity contribution in [2.24, 2.45) is 0 Å². The fourth-order valence-electron chi connectivity index (χ4n) is 0.316. The van der Waals surface area contributed by atoms with Crippen molar-refractivity contribution in [2.75, 3.05) is 5.73 Å². The van der Waals surface area contributed by atoms with E-state index in [1.807, 2.05) is 0 Å². The predicted molar refractivity (Wildman–Crippen MR) is 32.5 cm³/mol. The van der Waals surface area contributed by atoms with Crippen LogP contribution in [0, 0.1) is 0 Å². The molecule has 1 aromatic rings. The Hall–Kier alpha value is -1.18. The number of phenols is 1. The van der Waals surface area contributed by atoms with E-state index in [0.29, 0.717) is 0 Å². The van der Waals surface area contributed by atoms with Crippen molar-refractivity contribution < 1.29 is 10.6 Å². The molecule has 0 radical (unpaired) electrons. The molecule has 2 nitrogen and oxygen atoms in total. The minimum Gasteiger partial charge on any atom is -0.508 e. The van der Waals surface area contributed by atoms with Crippen LogP contribution in [-0.2, 0) is 0 Å². The van der Waals surface area contributed by atoms with Crippen molar-refractivity contribution in [2.45, 2.75) is 0 Å². The minimum absolute atomic E-state index is 0.247. The molecule has 0 unspecified atom stereocenters. The van der Waals surface area contributed by atoms with Gasteiger partial charge in [0.15, 0.2) is 0 Å². The molecule has 0 heterocycles. The van der Waals surface area contributed by atoms with Gasteiger partial charge in [-0.05, 0) is 24.2 Å². The smallest absolute Gasteiger partial charge is 0.115 e. The molecular formula is C6H7NO. The zero-order valence-electron chi connectivity index (χ0n) is 8.02. The summed E-state index contributed by atoms with van der Waals surface area (Å²) in [6.45, 7) is 0. The molecule has 0 saturated heterocycles. The molecule has 0 fully saturated rings. The Labute approximate surface area is 53.2 Å². The van der Waals surface area contributed by atoms with Crippen molar-refractivity contribution in [3.8, 4) is 5.75 Å². The van der Waals surface area contributed by atoms with Crippen LogP contribution in [0.4, 0.5) is 5.69 Å². The van der Waals surface area contributed by atoms with Crippen LogP contribution in [0.3, 0.4) is 0 Å². The lowest BCUT2D eigenvalue weighted by Gasteiger charge is -1.89. The van der Waals surface area contributed by atoms with Gasteiger partial charge < -0.3 is 10.8 Å². The second kappa shape index (κ2) is 1.74. The first-order chi connectivity index (χ1) is 5.46. The number of anilines is 1. The molecule has 0 atom stereocenters. The Kier molecular flexibility index (Phi) is 0.429. The average molecular weight is 113 g/mol. The van der Waals surface area contributed by atoms with Crippen molar-refractivity contribution in [3.63, 3.8) is 0 Å². The molecule has 0 saturated carbocycles. The van der Waals surface area contributed by atoms with E-state index in [-0.39, 0.29) is 5.69 Å². The van der Waals surface area contributed by atoms with Gasteiger partial charge in [-0.15, -0.1) is 0 Å². The number of hydrogen-bond acceptors (Lipinski definition) is 2. The number of hydrogen-bond donors (Lipinski definition) is 2. The maximum absolute atomic E-state index is 9.02. The second-order valence-corrected chi connectivity index (χ2v) is 1.26. The first-order valence-corrected chi connectivity index (χ1v) is 2.01. The summed E-state index contributed by atoms with van der Waals surface area (Å²) in [5.41, 5.74) is 4.98. The Bertz CT molecular complexity index is 234. The van der Waals surface area contributed by atoms with E-state index in [1.54, 1.807) is 0 Å². The number of benzene rings is 1. The molecule has 1 rings (SSSR count). The zero-order chi connectivity index (χ0) is 9.46. The van der Waals surface area contributed by atoms with Crippen LogP contribution in [0.15, 0.2) is 24.2 Å². The van der Waals surface area contributed by atoms with Crippen molar-refractivity contribution in [3.05, 3.63) is 24.2 Å². The normalized spacial score (nSPS) is 16.0. The fourth-order valence-corrected chi connectivity index (χ4v) is 0.316. The van der Waals surface area contributed by atoms with Crippen LogP contribution in [0.1, 0.15) is 5.48 Å². The summed E-state index contributed by atoms with van der Waals surface area (Å²) in [6.07, 6.45) is 0. The van der Waals surface area contributed by atoms with Crippen LogP contribution in [0.2, 0.25) is 0 Å². The van der Waals surface area contributed by atoms with Gasteiger partial charge in [-0.3, -0.25) is 0 Å². The van der Waals surface area contributed by atoms with Crippen LogP contribution < -0.4 is 5.73 Å². The summed E-state index contributed by atoms with van der Waals surface area (Å²) in [5.74, 6) is -0.667. The molecule has 1 aromatic carbocycles. The van der Waals surface area contributed by atoms with E-state index in [9.17, 15) is 0 Å². The van der Waals surface area contributed by atoms with Crippen molar-refractivity contribution in [1.82, 2.24) is 0 Å². The number of phenolic OH excluding ortho intramolecular Hbond substituents is 1. The molecule has 0 aliphatic rings. The molecule has 0 aromatic heterocycles. The van der Waals surface area contributed by atoms with Crippen LogP contribution in [-0.4, -0.2) is 5.11 Å². The molecule has 3 N–H and O–H groups in total. The molecule has 0 spiro atoms. The standard InChI is InChI=1S/C6H7NO/c7-5-1-3-6(8)4-2-5/h1-4,8H,7H2/i1D,2D,3D,4D. The van der Waals surface area contributed by atoms with Gasteiger partial charge in [0, 0.05) is 5.69 Å². The fraction of sp³-hybridized carbons (Fsp3) is 0. The van der Waals surface area contributed by atoms with Gasteiger partial charge in [0.25, 0.3) is 0 Å². The summed E-state index contributed by atoms with van der Waals surface area (Å²) >= 11 is 0. The summed E-state index contributed by atoms with van der Waals surface area (Å²) in [7, 11) is 0. The maximum Gasteiger partial charge on any atom is 0.115 e. The molecule has 0 amide bonds. The second-order valence-electron chi connectivity index (χ2n) is 1.26. The molecule has 42 valence electrons. The Morgan fingerprint density at radius 1 is 1.38 bits per heavy atom. The van der Waals surface area contributed by atoms with E-state index < -0.39 is 29.9 Å². The average Bonchev–Trinajstić information content (AvgIpc) is 2.08. The molecule has 0 bridgehead atoms. The third kappa shape index (κ3) is 0.904. The molecule has 0 aliphatic heterocycles. The maximum atomic E-state index is 9.02. The van der Waals surface area contributed by atoms with Gasteiger partial charge in [-0.25, -0.2) is 0 Å². The first-order valence-electron chi connectivity index (χ1n) is 4.01. The Morgan fingerprint density at radius 2 is 1.88 bits per heavy atom. The van der Waals surface area contributed by atoms with E-state index in [4.69, 9.17) is 16.3 Å². The highest BCUT2D eigenvalue weighted by Crippen LogP contribution is 2.09. The highest BCUT2D eigenvalue weighted by molar-refractivity contribution is 5.40. The topological polar surface area (TPSA) is 46.2 Å². The van der Waals surface area contributed by atoms with E-state index in [0.717, 1.165) is 0 Å². The number of nitrogens with two attached hydrogens (primary N) is 1. The SMILES string of the molecule is [2H]c1c([2H])c(O)c([2H])c([2H])c1N. The van der Waals surface area contributed by atoms with Crippen molar-refractivity contribution >= 4 is 5.69 Å². The van der Waals surface area contributed by atoms with Gasteiger partial charge in [0.2, 0.25) is 0 Å². The minimum atomic E-state index is -0.667. The highest BCUT2D eigenvalue weighted by atomic mass is 16.3. The Balaban J connectivity index is 3.60. The molecule has 2 heteroatoms. The molecule has 8 heavy (non-hydrogen) atoms. The summed E-state index contributed by atoms with van der Waals surface area (Å²) in [4.78, 5) is 0. The highest BCUT2D eigenvalue weighted by Gasteiger charge is 1.82. The van der Waals surface area contributed by atoms with Gasteiger partial charge in [0.1, 0.15) is 5.75 Å². The lowest BCUT2D eigenvalue weighted by Crippen LogP contribution is -1.80. The van der Waals surface area contributed by atoms with E-state index >= 15 is 0 Å². The van der Waals surface area contributed by atoms with Crippen LogP contribution in [0.25, 0.3) is 0 Å². The number of nitrogen functional groups attached to an aromatic ring is 1. The quantitative estimate of drug-likeness (QED) is 0.389. The van der Waals surface area contributed by atoms with Crippen LogP contribution in [0.5, 0.6) is 5.75 Å². The molecule has 0 aliphatic carbocycles.